The van der Waals surface area contributed by atoms with Crippen molar-refractivity contribution < 1.29 is 13.6 Å². The van der Waals surface area contributed by atoms with Gasteiger partial charge in [-0.15, -0.1) is 23.7 Å². The topological polar surface area (TPSA) is 54.0 Å². The summed E-state index contributed by atoms with van der Waals surface area (Å²) in [5, 5.41) is 7.99. The third-order valence-electron chi connectivity index (χ3n) is 3.75. The molecule has 2 atom stereocenters. The first-order valence-corrected chi connectivity index (χ1v) is 8.25. The molecule has 130 valence electrons. The Labute approximate surface area is 149 Å². The minimum Gasteiger partial charge on any atom is -0.346 e. The summed E-state index contributed by atoms with van der Waals surface area (Å²) in [6, 6.07) is 8.57. The number of aromatic nitrogens is 1. The van der Waals surface area contributed by atoms with Crippen LogP contribution in [-0.2, 0) is 4.79 Å². The highest BCUT2D eigenvalue weighted by Crippen LogP contribution is 2.27. The van der Waals surface area contributed by atoms with E-state index in [0.29, 0.717) is 0 Å². The van der Waals surface area contributed by atoms with Gasteiger partial charge in [0.1, 0.15) is 5.01 Å². The Morgan fingerprint density at radius 2 is 2.12 bits per heavy atom. The highest BCUT2D eigenvalue weighted by atomic mass is 35.5. The lowest BCUT2D eigenvalue weighted by molar-refractivity contribution is -0.124. The number of rotatable bonds is 4. The number of thiazole rings is 1. The van der Waals surface area contributed by atoms with Gasteiger partial charge < -0.3 is 5.32 Å². The molecule has 1 saturated heterocycles. The van der Waals surface area contributed by atoms with Crippen molar-refractivity contribution in [3.05, 3.63) is 40.7 Å². The van der Waals surface area contributed by atoms with E-state index in [0.717, 1.165) is 16.3 Å². The van der Waals surface area contributed by atoms with Gasteiger partial charge in [-0.05, 0) is 6.92 Å². The van der Waals surface area contributed by atoms with Crippen LogP contribution in [-0.4, -0.2) is 29.4 Å². The molecule has 2 heterocycles. The van der Waals surface area contributed by atoms with E-state index in [9.17, 15) is 13.6 Å². The van der Waals surface area contributed by atoms with Crippen molar-refractivity contribution in [2.45, 2.75) is 31.4 Å². The third-order valence-corrected chi connectivity index (χ3v) is 4.77. The lowest BCUT2D eigenvalue weighted by Gasteiger charge is -2.15. The molecule has 1 fully saturated rings. The second-order valence-corrected chi connectivity index (χ2v) is 6.55. The number of nitrogens with one attached hydrogen (secondary N) is 2. The SMILES string of the molecule is CC(NC(=O)C1CC(F)(F)CN1)c1nc(-c2ccccc2)cs1.Cl. The van der Waals surface area contributed by atoms with Gasteiger partial charge in [-0.25, -0.2) is 13.8 Å². The molecule has 2 aromatic rings. The zero-order valence-corrected chi connectivity index (χ0v) is 14.6. The second-order valence-electron chi connectivity index (χ2n) is 5.66. The monoisotopic (exact) mass is 373 g/mol. The van der Waals surface area contributed by atoms with Gasteiger partial charge in [-0.1, -0.05) is 30.3 Å². The maximum absolute atomic E-state index is 13.2. The Morgan fingerprint density at radius 3 is 2.75 bits per heavy atom. The molecule has 3 rings (SSSR count). The van der Waals surface area contributed by atoms with E-state index < -0.39 is 30.8 Å². The van der Waals surface area contributed by atoms with Crippen molar-refractivity contribution >= 4 is 29.7 Å². The normalized spacial score (nSPS) is 20.2. The van der Waals surface area contributed by atoms with Crippen molar-refractivity contribution in [2.24, 2.45) is 0 Å². The molecule has 24 heavy (non-hydrogen) atoms. The van der Waals surface area contributed by atoms with Gasteiger partial charge in [-0.3, -0.25) is 10.1 Å². The Bertz CT molecular complexity index is 696. The van der Waals surface area contributed by atoms with E-state index in [-0.39, 0.29) is 18.4 Å². The first-order valence-electron chi connectivity index (χ1n) is 7.37. The summed E-state index contributed by atoms with van der Waals surface area (Å²) in [5.41, 5.74) is 1.85. The fourth-order valence-corrected chi connectivity index (χ4v) is 3.34. The minimum atomic E-state index is -2.81. The zero-order chi connectivity index (χ0) is 16.4. The van der Waals surface area contributed by atoms with Crippen LogP contribution in [0.2, 0.25) is 0 Å². The highest BCUT2D eigenvalue weighted by Gasteiger charge is 2.42. The summed E-state index contributed by atoms with van der Waals surface area (Å²) in [6.45, 7) is 1.35. The van der Waals surface area contributed by atoms with Crippen LogP contribution in [0.4, 0.5) is 8.78 Å². The van der Waals surface area contributed by atoms with E-state index in [1.165, 1.54) is 11.3 Å². The fraction of sp³-hybridized carbons (Fsp3) is 0.375. The Kier molecular flexibility index (Phi) is 5.90. The molecule has 4 nitrogen and oxygen atoms in total. The average molecular weight is 374 g/mol. The molecule has 1 aliphatic rings. The molecule has 8 heteroatoms. The molecule has 1 aromatic carbocycles. The lowest BCUT2D eigenvalue weighted by atomic mass is 10.1. The first-order chi connectivity index (χ1) is 10.9. The summed E-state index contributed by atoms with van der Waals surface area (Å²) in [4.78, 5) is 16.6. The maximum Gasteiger partial charge on any atom is 0.262 e. The number of hydrogen-bond donors (Lipinski definition) is 2. The van der Waals surface area contributed by atoms with Crippen molar-refractivity contribution in [3.8, 4) is 11.3 Å². The number of carbonyl (C=O) groups excluding carboxylic acids is 1. The van der Waals surface area contributed by atoms with Crippen LogP contribution in [0.25, 0.3) is 11.3 Å². The summed E-state index contributed by atoms with van der Waals surface area (Å²) in [7, 11) is 0. The summed E-state index contributed by atoms with van der Waals surface area (Å²) < 4.78 is 26.3. The van der Waals surface area contributed by atoms with Gasteiger partial charge in [-0.2, -0.15) is 0 Å². The number of amides is 1. The van der Waals surface area contributed by atoms with E-state index >= 15 is 0 Å². The number of nitrogens with zero attached hydrogens (tertiary/aromatic N) is 1. The minimum absolute atomic E-state index is 0. The molecule has 0 spiro atoms. The number of carbonyl (C=O) groups is 1. The molecule has 2 unspecified atom stereocenters. The predicted molar refractivity (Wildman–Crippen MR) is 92.7 cm³/mol. The van der Waals surface area contributed by atoms with Gasteiger partial charge in [0.25, 0.3) is 5.92 Å². The molecule has 0 bridgehead atoms. The van der Waals surface area contributed by atoms with E-state index in [1.54, 1.807) is 6.92 Å². The fourth-order valence-electron chi connectivity index (χ4n) is 2.50. The summed E-state index contributed by atoms with van der Waals surface area (Å²) in [6.07, 6.45) is -0.460. The molecule has 1 aliphatic heterocycles. The van der Waals surface area contributed by atoms with Gasteiger partial charge in [0.15, 0.2) is 0 Å². The highest BCUT2D eigenvalue weighted by molar-refractivity contribution is 7.10. The number of alkyl halides is 2. The largest absolute Gasteiger partial charge is 0.346 e. The zero-order valence-electron chi connectivity index (χ0n) is 13.0. The molecular weight excluding hydrogens is 356 g/mol. The van der Waals surface area contributed by atoms with Crippen molar-refractivity contribution in [1.29, 1.82) is 0 Å². The van der Waals surface area contributed by atoms with E-state index in [1.807, 2.05) is 35.7 Å². The summed E-state index contributed by atoms with van der Waals surface area (Å²) in [5.74, 6) is -3.22. The van der Waals surface area contributed by atoms with Gasteiger partial charge >= 0.3 is 0 Å². The third kappa shape index (κ3) is 4.28. The van der Waals surface area contributed by atoms with Crippen LogP contribution in [0, 0.1) is 0 Å². The van der Waals surface area contributed by atoms with Gasteiger partial charge in [0.05, 0.1) is 24.3 Å². The molecule has 1 aromatic heterocycles. The van der Waals surface area contributed by atoms with Crippen LogP contribution in [0.5, 0.6) is 0 Å². The Morgan fingerprint density at radius 1 is 1.42 bits per heavy atom. The molecular formula is C16H18ClF2N3OS. The van der Waals surface area contributed by atoms with Crippen molar-refractivity contribution in [1.82, 2.24) is 15.6 Å². The molecule has 1 amide bonds. The maximum atomic E-state index is 13.2. The standard InChI is InChI=1S/C16H17F2N3OS.ClH/c1-10(20-14(22)12-7-16(17,18)9-19-12)15-21-13(8-23-15)11-5-3-2-4-6-11;/h2-6,8,10,12,19H,7,9H2,1H3,(H,20,22);1H. The van der Waals surface area contributed by atoms with Crippen LogP contribution < -0.4 is 10.6 Å². The first kappa shape index (κ1) is 18.8. The quantitative estimate of drug-likeness (QED) is 0.863. The van der Waals surface area contributed by atoms with Crippen molar-refractivity contribution in [3.63, 3.8) is 0 Å². The van der Waals surface area contributed by atoms with E-state index in [2.05, 4.69) is 15.6 Å². The smallest absolute Gasteiger partial charge is 0.262 e. The molecule has 2 N–H and O–H groups in total. The number of benzene rings is 1. The van der Waals surface area contributed by atoms with Crippen LogP contribution in [0.1, 0.15) is 24.4 Å². The number of hydrogen-bond acceptors (Lipinski definition) is 4. The van der Waals surface area contributed by atoms with Crippen LogP contribution in [0.3, 0.4) is 0 Å². The van der Waals surface area contributed by atoms with Crippen LogP contribution >= 0.6 is 23.7 Å². The Hall–Kier alpha value is -1.57. The molecule has 0 saturated carbocycles. The van der Waals surface area contributed by atoms with E-state index in [4.69, 9.17) is 0 Å². The van der Waals surface area contributed by atoms with Gasteiger partial charge in [0.2, 0.25) is 5.91 Å². The van der Waals surface area contributed by atoms with Crippen LogP contribution in [0.15, 0.2) is 35.7 Å². The predicted octanol–water partition coefficient (Wildman–Crippen LogP) is 3.41. The average Bonchev–Trinajstić information content (AvgIpc) is 3.15. The Balaban J connectivity index is 0.00000208. The van der Waals surface area contributed by atoms with Crippen molar-refractivity contribution in [2.75, 3.05) is 6.54 Å². The number of halogens is 3. The lowest BCUT2D eigenvalue weighted by Crippen LogP contribution is -2.41. The second kappa shape index (κ2) is 7.55. The summed E-state index contributed by atoms with van der Waals surface area (Å²) >= 11 is 1.44. The molecule has 0 aliphatic carbocycles. The van der Waals surface area contributed by atoms with Gasteiger partial charge in [0, 0.05) is 17.4 Å². The molecule has 0 radical (unpaired) electrons.